The smallest absolute Gasteiger partial charge is 0.416 e. The number of guanidine groups is 1. The lowest BCUT2D eigenvalue weighted by molar-refractivity contribution is -0.138. The fraction of sp³-hybridized carbons (Fsp3) is 0.222. The Morgan fingerprint density at radius 3 is 2.68 bits per heavy atom. The third-order valence-corrected chi connectivity index (χ3v) is 4.63. The highest BCUT2D eigenvalue weighted by molar-refractivity contribution is 7.13. The molecule has 5 nitrogen and oxygen atoms in total. The zero-order valence-electron chi connectivity index (χ0n) is 14.7. The molecule has 28 heavy (non-hydrogen) atoms. The standard InChI is InChI=1S/C18H16F4N4OS/c1-23-17(24-8-11-4-5-12(19)7-14(11)18(20,21)22)25-9-13-10-27-16(26-13)15-3-2-6-28-15/h2-7,10H,8-9H2,1H3,(H2,23,24,25). The van der Waals surface area contributed by atoms with Gasteiger partial charge in [0.2, 0.25) is 5.89 Å². The van der Waals surface area contributed by atoms with Gasteiger partial charge < -0.3 is 15.1 Å². The van der Waals surface area contributed by atoms with Gasteiger partial charge >= 0.3 is 6.18 Å². The van der Waals surface area contributed by atoms with Crippen LogP contribution in [0.2, 0.25) is 0 Å². The van der Waals surface area contributed by atoms with Crippen LogP contribution < -0.4 is 10.6 Å². The Morgan fingerprint density at radius 2 is 2.00 bits per heavy atom. The van der Waals surface area contributed by atoms with E-state index in [1.165, 1.54) is 24.6 Å². The molecule has 0 amide bonds. The van der Waals surface area contributed by atoms with Gasteiger partial charge in [0.05, 0.1) is 22.7 Å². The van der Waals surface area contributed by atoms with Crippen LogP contribution in [0.4, 0.5) is 17.6 Å². The second kappa shape index (κ2) is 8.42. The van der Waals surface area contributed by atoms with E-state index in [1.807, 2.05) is 17.5 Å². The summed E-state index contributed by atoms with van der Waals surface area (Å²) in [6, 6.07) is 6.34. The first-order valence-corrected chi connectivity index (χ1v) is 9.03. The first-order valence-electron chi connectivity index (χ1n) is 8.15. The predicted octanol–water partition coefficient (Wildman–Crippen LogP) is 4.43. The molecular formula is C18H16F4N4OS. The molecule has 1 aromatic carbocycles. The molecule has 148 valence electrons. The Balaban J connectivity index is 1.60. The van der Waals surface area contributed by atoms with E-state index >= 15 is 0 Å². The van der Waals surface area contributed by atoms with Crippen molar-refractivity contribution in [3.05, 3.63) is 64.6 Å². The van der Waals surface area contributed by atoms with E-state index in [4.69, 9.17) is 4.42 Å². The van der Waals surface area contributed by atoms with Gasteiger partial charge in [-0.15, -0.1) is 11.3 Å². The second-order valence-electron chi connectivity index (χ2n) is 5.70. The van der Waals surface area contributed by atoms with Crippen molar-refractivity contribution in [3.8, 4) is 10.8 Å². The van der Waals surface area contributed by atoms with Crippen LogP contribution in [0.15, 0.2) is 51.4 Å². The van der Waals surface area contributed by atoms with Crippen molar-refractivity contribution in [1.29, 1.82) is 0 Å². The van der Waals surface area contributed by atoms with Crippen LogP contribution in [0, 0.1) is 5.82 Å². The van der Waals surface area contributed by atoms with Crippen LogP contribution in [0.1, 0.15) is 16.8 Å². The number of oxazole rings is 1. The molecule has 0 aliphatic carbocycles. The number of alkyl halides is 3. The van der Waals surface area contributed by atoms with Crippen molar-refractivity contribution >= 4 is 17.3 Å². The fourth-order valence-electron chi connectivity index (χ4n) is 2.44. The Kier molecular flexibility index (Phi) is 5.98. The molecule has 2 aromatic heterocycles. The van der Waals surface area contributed by atoms with Gasteiger partial charge in [0, 0.05) is 13.6 Å². The molecule has 0 atom stereocenters. The van der Waals surface area contributed by atoms with Gasteiger partial charge in [0.1, 0.15) is 12.1 Å². The lowest BCUT2D eigenvalue weighted by Crippen LogP contribution is -2.36. The summed E-state index contributed by atoms with van der Waals surface area (Å²) in [6.07, 6.45) is -3.15. The highest BCUT2D eigenvalue weighted by atomic mass is 32.1. The summed E-state index contributed by atoms with van der Waals surface area (Å²) in [5.74, 6) is -0.167. The number of aromatic nitrogens is 1. The van der Waals surface area contributed by atoms with Gasteiger partial charge in [-0.2, -0.15) is 13.2 Å². The van der Waals surface area contributed by atoms with E-state index in [0.717, 1.165) is 17.0 Å². The number of benzene rings is 1. The van der Waals surface area contributed by atoms with Crippen molar-refractivity contribution in [1.82, 2.24) is 15.6 Å². The molecule has 3 aromatic rings. The van der Waals surface area contributed by atoms with Crippen molar-refractivity contribution in [3.63, 3.8) is 0 Å². The number of hydrogen-bond donors (Lipinski definition) is 2. The van der Waals surface area contributed by atoms with Crippen molar-refractivity contribution in [2.24, 2.45) is 4.99 Å². The van der Waals surface area contributed by atoms with Gasteiger partial charge in [-0.1, -0.05) is 12.1 Å². The lowest BCUT2D eigenvalue weighted by atomic mass is 10.1. The van der Waals surface area contributed by atoms with Gasteiger partial charge in [-0.3, -0.25) is 4.99 Å². The third-order valence-electron chi connectivity index (χ3n) is 3.77. The van der Waals surface area contributed by atoms with Gasteiger partial charge in [-0.05, 0) is 29.1 Å². The minimum atomic E-state index is -4.64. The highest BCUT2D eigenvalue weighted by Crippen LogP contribution is 2.32. The molecule has 10 heteroatoms. The normalized spacial score (nSPS) is 12.2. The van der Waals surface area contributed by atoms with Crippen molar-refractivity contribution in [2.75, 3.05) is 7.05 Å². The Morgan fingerprint density at radius 1 is 1.21 bits per heavy atom. The Labute approximate surface area is 162 Å². The summed E-state index contributed by atoms with van der Waals surface area (Å²) >= 11 is 1.50. The summed E-state index contributed by atoms with van der Waals surface area (Å²) in [5.41, 5.74) is -0.491. The summed E-state index contributed by atoms with van der Waals surface area (Å²) in [6.45, 7) is 0.0954. The number of nitrogens with one attached hydrogen (secondary N) is 2. The van der Waals surface area contributed by atoms with E-state index in [2.05, 4.69) is 20.6 Å². The molecule has 0 bridgehead atoms. The molecule has 0 fully saturated rings. The Hall–Kier alpha value is -2.88. The minimum Gasteiger partial charge on any atom is -0.443 e. The summed E-state index contributed by atoms with van der Waals surface area (Å²) < 4.78 is 57.8. The van der Waals surface area contributed by atoms with Crippen LogP contribution in [0.25, 0.3) is 10.8 Å². The molecule has 2 N–H and O–H groups in total. The SMILES string of the molecule is CN=C(NCc1coc(-c2cccs2)n1)NCc1ccc(F)cc1C(F)(F)F. The van der Waals surface area contributed by atoms with Crippen LogP contribution in [-0.2, 0) is 19.3 Å². The number of halogens is 4. The van der Waals surface area contributed by atoms with E-state index in [9.17, 15) is 17.6 Å². The molecular weight excluding hydrogens is 396 g/mol. The second-order valence-corrected chi connectivity index (χ2v) is 6.65. The number of thiophene rings is 1. The molecule has 0 saturated carbocycles. The summed E-state index contributed by atoms with van der Waals surface area (Å²) in [7, 11) is 1.49. The molecule has 0 saturated heterocycles. The quantitative estimate of drug-likeness (QED) is 0.370. The van der Waals surface area contributed by atoms with Crippen LogP contribution in [0.5, 0.6) is 0 Å². The maximum absolute atomic E-state index is 13.2. The van der Waals surface area contributed by atoms with Crippen LogP contribution in [-0.4, -0.2) is 18.0 Å². The first-order chi connectivity index (χ1) is 13.4. The number of hydrogen-bond acceptors (Lipinski definition) is 4. The first kappa shape index (κ1) is 19.9. The van der Waals surface area contributed by atoms with E-state index in [1.54, 1.807) is 0 Å². The van der Waals surface area contributed by atoms with Crippen molar-refractivity contribution in [2.45, 2.75) is 19.3 Å². The predicted molar refractivity (Wildman–Crippen MR) is 98.3 cm³/mol. The monoisotopic (exact) mass is 412 g/mol. The minimum absolute atomic E-state index is 0.0849. The van der Waals surface area contributed by atoms with Crippen molar-refractivity contribution < 1.29 is 22.0 Å². The molecule has 0 aliphatic rings. The van der Waals surface area contributed by atoms with Crippen LogP contribution in [0.3, 0.4) is 0 Å². The third kappa shape index (κ3) is 4.89. The maximum Gasteiger partial charge on any atom is 0.416 e. The molecule has 2 heterocycles. The van der Waals surface area contributed by atoms with Gasteiger partial charge in [-0.25, -0.2) is 9.37 Å². The molecule has 0 unspecified atom stereocenters. The van der Waals surface area contributed by atoms with Gasteiger partial charge in [0.15, 0.2) is 5.96 Å². The Bertz CT molecular complexity index is 951. The molecule has 3 rings (SSSR count). The zero-order chi connectivity index (χ0) is 20.1. The highest BCUT2D eigenvalue weighted by Gasteiger charge is 2.33. The maximum atomic E-state index is 13.2. The summed E-state index contributed by atoms with van der Waals surface area (Å²) in [5, 5.41) is 7.64. The largest absolute Gasteiger partial charge is 0.443 e. The van der Waals surface area contributed by atoms with Gasteiger partial charge in [0.25, 0.3) is 0 Å². The van der Waals surface area contributed by atoms with E-state index < -0.39 is 17.6 Å². The molecule has 0 radical (unpaired) electrons. The van der Waals surface area contributed by atoms with E-state index in [0.29, 0.717) is 17.7 Å². The molecule has 0 aliphatic heterocycles. The average molecular weight is 412 g/mol. The molecule has 0 spiro atoms. The lowest BCUT2D eigenvalue weighted by Gasteiger charge is -2.15. The van der Waals surface area contributed by atoms with Crippen LogP contribution >= 0.6 is 11.3 Å². The zero-order valence-corrected chi connectivity index (χ0v) is 15.5. The number of aliphatic imine (C=N–C) groups is 1. The fourth-order valence-corrected chi connectivity index (χ4v) is 3.10. The average Bonchev–Trinajstić information content (AvgIpc) is 3.33. The number of rotatable bonds is 5. The van der Waals surface area contributed by atoms with E-state index in [-0.39, 0.29) is 24.6 Å². The number of nitrogens with zero attached hydrogens (tertiary/aromatic N) is 2. The topological polar surface area (TPSA) is 62.5 Å². The summed E-state index contributed by atoms with van der Waals surface area (Å²) in [4.78, 5) is 9.20.